The Balaban J connectivity index is 3.50. The Kier molecular flexibility index (Phi) is 2.34. The van der Waals surface area contributed by atoms with Crippen molar-refractivity contribution in [3.8, 4) is 6.07 Å². The van der Waals surface area contributed by atoms with E-state index in [-0.39, 0.29) is 0 Å². The van der Waals surface area contributed by atoms with E-state index < -0.39 is 26.8 Å². The summed E-state index contributed by atoms with van der Waals surface area (Å²) in [4.78, 5) is 22.2. The molecule has 0 atom stereocenters. The molecule has 1 aromatic heterocycles. The molecule has 0 aliphatic carbocycles. The Hall–Kier alpha value is -2.56. The number of hydrogen-bond donors (Lipinski definition) is 0. The van der Waals surface area contributed by atoms with E-state index in [9.17, 15) is 20.2 Å². The predicted molar refractivity (Wildman–Crippen MR) is 42.3 cm³/mol. The first-order chi connectivity index (χ1) is 6.57. The fourth-order valence-corrected chi connectivity index (χ4v) is 0.830. The molecule has 14 heavy (non-hydrogen) atoms. The van der Waals surface area contributed by atoms with Crippen molar-refractivity contribution < 1.29 is 9.85 Å². The molecule has 0 unspecified atom stereocenters. The van der Waals surface area contributed by atoms with E-state index in [0.29, 0.717) is 0 Å². The van der Waals surface area contributed by atoms with Gasteiger partial charge in [-0.3, -0.25) is 25.2 Å². The molecule has 8 nitrogen and oxygen atoms in total. The standard InChI is InChI=1S/C6H2N4O4/c7-1-4-5(9(11)12)2-8-3-6(4)10(13)14/h2-3H. The van der Waals surface area contributed by atoms with Gasteiger partial charge in [-0.15, -0.1) is 0 Å². The van der Waals surface area contributed by atoms with Gasteiger partial charge in [-0.05, 0) is 0 Å². The molecule has 0 spiro atoms. The van der Waals surface area contributed by atoms with Gasteiger partial charge in [0.05, 0.1) is 9.85 Å². The average Bonchev–Trinajstić information content (AvgIpc) is 2.16. The minimum absolute atomic E-state index is 0.588. The van der Waals surface area contributed by atoms with Crippen LogP contribution in [0.25, 0.3) is 0 Å². The van der Waals surface area contributed by atoms with Crippen molar-refractivity contribution in [2.45, 2.75) is 0 Å². The summed E-state index contributed by atoms with van der Waals surface area (Å²) in [6.45, 7) is 0. The van der Waals surface area contributed by atoms with Gasteiger partial charge in [0.15, 0.2) is 0 Å². The minimum atomic E-state index is -0.890. The van der Waals surface area contributed by atoms with Gasteiger partial charge < -0.3 is 0 Å². The number of rotatable bonds is 2. The highest BCUT2D eigenvalue weighted by Gasteiger charge is 2.25. The molecular formula is C6H2N4O4. The third-order valence-electron chi connectivity index (χ3n) is 1.41. The van der Waals surface area contributed by atoms with Crippen LogP contribution in [0.3, 0.4) is 0 Å². The van der Waals surface area contributed by atoms with Crippen molar-refractivity contribution in [3.05, 3.63) is 38.2 Å². The van der Waals surface area contributed by atoms with Crippen molar-refractivity contribution in [2.24, 2.45) is 0 Å². The van der Waals surface area contributed by atoms with Gasteiger partial charge in [0.1, 0.15) is 18.5 Å². The smallest absolute Gasteiger partial charge is 0.258 e. The van der Waals surface area contributed by atoms with Gasteiger partial charge in [0.2, 0.25) is 5.56 Å². The van der Waals surface area contributed by atoms with Crippen LogP contribution in [-0.2, 0) is 0 Å². The number of nitriles is 1. The Morgan fingerprint density at radius 2 is 1.64 bits per heavy atom. The number of hydrogen-bond acceptors (Lipinski definition) is 6. The van der Waals surface area contributed by atoms with E-state index in [4.69, 9.17) is 5.26 Å². The van der Waals surface area contributed by atoms with Gasteiger partial charge >= 0.3 is 11.4 Å². The van der Waals surface area contributed by atoms with Crippen LogP contribution in [0.15, 0.2) is 12.4 Å². The van der Waals surface area contributed by atoms with E-state index in [1.165, 1.54) is 6.07 Å². The van der Waals surface area contributed by atoms with Crippen LogP contribution in [0.5, 0.6) is 0 Å². The summed E-state index contributed by atoms with van der Waals surface area (Å²) in [5.74, 6) is 0. The van der Waals surface area contributed by atoms with E-state index in [1.807, 2.05) is 0 Å². The lowest BCUT2D eigenvalue weighted by Crippen LogP contribution is -1.99. The second-order valence-electron chi connectivity index (χ2n) is 2.18. The van der Waals surface area contributed by atoms with E-state index in [2.05, 4.69) is 4.98 Å². The summed E-state index contributed by atoms with van der Waals surface area (Å²) in [5, 5.41) is 29.2. The van der Waals surface area contributed by atoms with Crippen molar-refractivity contribution in [2.75, 3.05) is 0 Å². The second-order valence-corrected chi connectivity index (χ2v) is 2.18. The molecule has 0 fully saturated rings. The molecule has 1 heterocycles. The highest BCUT2D eigenvalue weighted by atomic mass is 16.6. The maximum absolute atomic E-state index is 10.3. The topological polar surface area (TPSA) is 123 Å². The molecular weight excluding hydrogens is 192 g/mol. The molecule has 8 heteroatoms. The second kappa shape index (κ2) is 3.44. The van der Waals surface area contributed by atoms with Crippen LogP contribution >= 0.6 is 0 Å². The highest BCUT2D eigenvalue weighted by Crippen LogP contribution is 2.24. The maximum Gasteiger partial charge on any atom is 0.312 e. The number of aromatic nitrogens is 1. The van der Waals surface area contributed by atoms with Gasteiger partial charge in [0, 0.05) is 0 Å². The lowest BCUT2D eigenvalue weighted by molar-refractivity contribution is -0.395. The summed E-state index contributed by atoms with van der Waals surface area (Å²) in [6, 6.07) is 1.40. The summed E-state index contributed by atoms with van der Waals surface area (Å²) < 4.78 is 0. The van der Waals surface area contributed by atoms with Crippen LogP contribution in [0.4, 0.5) is 11.4 Å². The molecule has 0 radical (unpaired) electrons. The van der Waals surface area contributed by atoms with Crippen molar-refractivity contribution >= 4 is 11.4 Å². The summed E-state index contributed by atoms with van der Waals surface area (Å²) in [7, 11) is 0. The molecule has 1 rings (SSSR count). The Morgan fingerprint density at radius 1 is 1.21 bits per heavy atom. The fourth-order valence-electron chi connectivity index (χ4n) is 0.830. The molecule has 1 aromatic rings. The zero-order chi connectivity index (χ0) is 10.7. The van der Waals surface area contributed by atoms with E-state index in [1.54, 1.807) is 0 Å². The fraction of sp³-hybridized carbons (Fsp3) is 0. The molecule has 0 bridgehead atoms. The lowest BCUT2D eigenvalue weighted by Gasteiger charge is -1.94. The molecule has 0 saturated carbocycles. The van der Waals surface area contributed by atoms with Crippen LogP contribution in [-0.4, -0.2) is 14.8 Å². The molecule has 0 aliphatic rings. The Bertz CT molecular complexity index is 417. The van der Waals surface area contributed by atoms with Gasteiger partial charge in [0.25, 0.3) is 0 Å². The van der Waals surface area contributed by atoms with E-state index >= 15 is 0 Å². The largest absolute Gasteiger partial charge is 0.312 e. The van der Waals surface area contributed by atoms with Crippen LogP contribution < -0.4 is 0 Å². The third-order valence-corrected chi connectivity index (χ3v) is 1.41. The van der Waals surface area contributed by atoms with Crippen molar-refractivity contribution in [3.63, 3.8) is 0 Å². The third kappa shape index (κ3) is 1.46. The minimum Gasteiger partial charge on any atom is -0.258 e. The zero-order valence-electron chi connectivity index (χ0n) is 6.58. The molecule has 0 aromatic carbocycles. The first kappa shape index (κ1) is 9.53. The number of nitro groups is 2. The number of pyridine rings is 1. The highest BCUT2D eigenvalue weighted by molar-refractivity contribution is 5.58. The number of nitrogens with zero attached hydrogens (tertiary/aromatic N) is 4. The molecule has 0 saturated heterocycles. The molecule has 0 amide bonds. The Labute approximate surface area is 76.7 Å². The van der Waals surface area contributed by atoms with Crippen LogP contribution in [0, 0.1) is 31.6 Å². The first-order valence-corrected chi connectivity index (χ1v) is 3.24. The van der Waals surface area contributed by atoms with Crippen molar-refractivity contribution in [1.82, 2.24) is 4.98 Å². The van der Waals surface area contributed by atoms with Crippen LogP contribution in [0.1, 0.15) is 5.56 Å². The normalized spacial score (nSPS) is 9.07. The zero-order valence-corrected chi connectivity index (χ0v) is 6.58. The molecule has 70 valence electrons. The molecule has 0 aliphatic heterocycles. The SMILES string of the molecule is N#Cc1c([N+](=O)[O-])cncc1[N+](=O)[O-]. The quantitative estimate of drug-likeness (QED) is 0.505. The summed E-state index contributed by atoms with van der Waals surface area (Å²) >= 11 is 0. The van der Waals surface area contributed by atoms with Gasteiger partial charge in [-0.25, -0.2) is 0 Å². The van der Waals surface area contributed by atoms with Gasteiger partial charge in [-0.2, -0.15) is 5.26 Å². The molecule has 0 N–H and O–H groups in total. The Morgan fingerprint density at radius 3 is 1.93 bits per heavy atom. The summed E-state index contributed by atoms with van der Waals surface area (Å²) in [5.41, 5.74) is -1.92. The predicted octanol–water partition coefficient (Wildman–Crippen LogP) is 0.770. The van der Waals surface area contributed by atoms with Crippen molar-refractivity contribution in [1.29, 1.82) is 5.26 Å². The van der Waals surface area contributed by atoms with Gasteiger partial charge in [-0.1, -0.05) is 0 Å². The maximum atomic E-state index is 10.3. The van der Waals surface area contributed by atoms with E-state index in [0.717, 1.165) is 12.4 Å². The average molecular weight is 194 g/mol. The first-order valence-electron chi connectivity index (χ1n) is 3.24. The summed E-state index contributed by atoms with van der Waals surface area (Å²) in [6.07, 6.45) is 1.59. The van der Waals surface area contributed by atoms with Crippen LogP contribution in [0.2, 0.25) is 0 Å². The lowest BCUT2D eigenvalue weighted by atomic mass is 10.2. The monoisotopic (exact) mass is 194 g/mol.